The van der Waals surface area contributed by atoms with Gasteiger partial charge in [0.1, 0.15) is 12.0 Å². The van der Waals surface area contributed by atoms with E-state index in [1.807, 2.05) is 12.1 Å². The molecule has 1 atom stereocenters. The third kappa shape index (κ3) is 5.31. The van der Waals surface area contributed by atoms with E-state index in [-0.39, 0.29) is 0 Å². The Hall–Kier alpha value is -1.35. The number of hydrogen-bond donors (Lipinski definition) is 0. The van der Waals surface area contributed by atoms with Crippen LogP contribution >= 0.6 is 0 Å². The Morgan fingerprint density at radius 1 is 1.12 bits per heavy atom. The lowest BCUT2D eigenvalue weighted by Crippen LogP contribution is -2.46. The average Bonchev–Trinajstić information content (AvgIpc) is 2.68. The minimum Gasteiger partial charge on any atom is -0.493 e. The Kier molecular flexibility index (Phi) is 7.35. The van der Waals surface area contributed by atoms with E-state index in [0.717, 1.165) is 43.8 Å². The van der Waals surface area contributed by atoms with Gasteiger partial charge in [0.2, 0.25) is 0 Å². The third-order valence-corrected chi connectivity index (χ3v) is 5.89. The van der Waals surface area contributed by atoms with Gasteiger partial charge in [-0.3, -0.25) is 0 Å². The highest BCUT2D eigenvalue weighted by atomic mass is 16.5. The van der Waals surface area contributed by atoms with E-state index in [2.05, 4.69) is 17.0 Å². The number of carbonyl (C=O) groups excluding carboxylic acids is 1. The van der Waals surface area contributed by atoms with Crippen LogP contribution < -0.4 is 4.74 Å². The van der Waals surface area contributed by atoms with E-state index in [9.17, 15) is 4.79 Å². The average molecular weight is 343 g/mol. The van der Waals surface area contributed by atoms with Crippen LogP contribution in [0.3, 0.4) is 0 Å². The lowest BCUT2D eigenvalue weighted by atomic mass is 9.75. The summed E-state index contributed by atoms with van der Waals surface area (Å²) in [6.45, 7) is 4.57. The molecule has 3 aliphatic rings. The number of unbranched alkanes of at least 4 members (excludes halogenated alkanes) is 6. The molecule has 3 nitrogen and oxygen atoms in total. The van der Waals surface area contributed by atoms with Gasteiger partial charge in [0, 0.05) is 18.9 Å². The second-order valence-electron chi connectivity index (χ2n) is 7.63. The molecule has 0 aliphatic carbocycles. The van der Waals surface area contributed by atoms with Crippen molar-refractivity contribution in [1.82, 2.24) is 4.90 Å². The molecule has 3 aliphatic heterocycles. The molecule has 137 valence electrons. The number of hydrogen-bond acceptors (Lipinski definition) is 3. The van der Waals surface area contributed by atoms with Crippen LogP contribution in [0.25, 0.3) is 0 Å². The highest BCUT2D eigenvalue weighted by Gasteiger charge is 2.36. The quantitative estimate of drug-likeness (QED) is 0.435. The maximum absolute atomic E-state index is 10.3. The largest absolute Gasteiger partial charge is 0.493 e. The minimum atomic E-state index is 0.643. The number of nitrogens with zero attached hydrogens (tertiary/aromatic N) is 1. The van der Waals surface area contributed by atoms with E-state index in [4.69, 9.17) is 4.74 Å². The van der Waals surface area contributed by atoms with Gasteiger partial charge in [-0.15, -0.1) is 0 Å². The molecule has 0 unspecified atom stereocenters. The van der Waals surface area contributed by atoms with Gasteiger partial charge in [-0.25, -0.2) is 0 Å². The van der Waals surface area contributed by atoms with Crippen molar-refractivity contribution in [3.8, 4) is 5.75 Å². The molecule has 0 N–H and O–H groups in total. The second-order valence-corrected chi connectivity index (χ2v) is 7.63. The molecule has 3 heterocycles. The van der Waals surface area contributed by atoms with Crippen molar-refractivity contribution < 1.29 is 9.53 Å². The zero-order chi connectivity index (χ0) is 17.3. The number of fused-ring (bicyclic) bond motifs is 3. The molecule has 1 radical (unpaired) electrons. The van der Waals surface area contributed by atoms with Gasteiger partial charge in [-0.2, -0.15) is 0 Å². The summed E-state index contributed by atoms with van der Waals surface area (Å²) in [5.41, 5.74) is 1.40. The van der Waals surface area contributed by atoms with E-state index < -0.39 is 0 Å². The van der Waals surface area contributed by atoms with Gasteiger partial charge in [0.15, 0.2) is 0 Å². The molecule has 0 aromatic heterocycles. The fourth-order valence-electron chi connectivity index (χ4n) is 4.39. The molecular formula is C22H32NO2. The molecule has 1 aromatic rings. The van der Waals surface area contributed by atoms with Gasteiger partial charge in [-0.05, 0) is 62.4 Å². The summed E-state index contributed by atoms with van der Waals surface area (Å²) in [6, 6.07) is 9.50. The molecule has 3 saturated heterocycles. The first kappa shape index (κ1) is 18.4. The number of rotatable bonds is 11. The molecule has 0 spiro atoms. The lowest BCUT2D eigenvalue weighted by Gasteiger charge is -2.45. The Morgan fingerprint density at radius 3 is 2.60 bits per heavy atom. The van der Waals surface area contributed by atoms with Crippen molar-refractivity contribution in [2.45, 2.75) is 63.7 Å². The fourth-order valence-corrected chi connectivity index (χ4v) is 4.39. The normalized spacial score (nSPS) is 25.0. The van der Waals surface area contributed by atoms with Crippen LogP contribution in [-0.4, -0.2) is 37.4 Å². The Labute approximate surface area is 152 Å². The highest BCUT2D eigenvalue weighted by molar-refractivity contribution is 5.48. The zero-order valence-corrected chi connectivity index (χ0v) is 15.4. The monoisotopic (exact) mass is 342 g/mol. The molecule has 3 heteroatoms. The van der Waals surface area contributed by atoms with E-state index >= 15 is 0 Å². The van der Waals surface area contributed by atoms with Crippen molar-refractivity contribution in [3.05, 3.63) is 29.8 Å². The van der Waals surface area contributed by atoms with Crippen LogP contribution in [0.2, 0.25) is 0 Å². The summed E-state index contributed by atoms with van der Waals surface area (Å²) in [6.07, 6.45) is 11.5. The zero-order valence-electron chi connectivity index (χ0n) is 15.4. The van der Waals surface area contributed by atoms with Gasteiger partial charge in [-0.1, -0.05) is 37.8 Å². The van der Waals surface area contributed by atoms with Crippen LogP contribution in [0, 0.1) is 12.0 Å². The number of benzene rings is 1. The van der Waals surface area contributed by atoms with Crippen molar-refractivity contribution in [1.29, 1.82) is 0 Å². The molecule has 4 rings (SSSR count). The summed E-state index contributed by atoms with van der Waals surface area (Å²) < 4.78 is 6.15. The molecule has 0 saturated carbocycles. The number of piperidine rings is 3. The number of ether oxygens (including phenoxy) is 1. The topological polar surface area (TPSA) is 29.5 Å². The van der Waals surface area contributed by atoms with Gasteiger partial charge < -0.3 is 14.4 Å². The van der Waals surface area contributed by atoms with E-state index in [1.54, 1.807) is 0 Å². The van der Waals surface area contributed by atoms with Crippen molar-refractivity contribution in [2.24, 2.45) is 5.92 Å². The van der Waals surface area contributed by atoms with Gasteiger partial charge >= 0.3 is 0 Å². The summed E-state index contributed by atoms with van der Waals surface area (Å²) >= 11 is 0. The minimum absolute atomic E-state index is 0.643. The first-order chi connectivity index (χ1) is 12.4. The molecule has 3 fully saturated rings. The number of carbonyl (C=O) groups is 1. The summed E-state index contributed by atoms with van der Waals surface area (Å²) in [5.74, 6) is 2.54. The van der Waals surface area contributed by atoms with E-state index in [1.165, 1.54) is 63.7 Å². The highest BCUT2D eigenvalue weighted by Crippen LogP contribution is 2.41. The molecule has 25 heavy (non-hydrogen) atoms. The standard InChI is InChI=1S/C22H32NO2/c24-16-8-4-2-1-3-5-9-17-25-22-11-7-6-10-20(22)21-18-23-14-12-19(21)13-15-23/h6,10-11,16,19,21H,1-5,8-9,12-15,17-18H2/t21-/m1/s1. The maximum atomic E-state index is 10.3. The molecular weight excluding hydrogens is 310 g/mol. The van der Waals surface area contributed by atoms with Crippen LogP contribution in [0.5, 0.6) is 5.75 Å². The molecule has 1 aromatic carbocycles. The Bertz CT molecular complexity index is 523. The van der Waals surface area contributed by atoms with Crippen molar-refractivity contribution >= 4 is 6.29 Å². The van der Waals surface area contributed by atoms with Gasteiger partial charge in [0.25, 0.3) is 0 Å². The van der Waals surface area contributed by atoms with Crippen LogP contribution in [0.4, 0.5) is 0 Å². The van der Waals surface area contributed by atoms with Crippen LogP contribution in [0.15, 0.2) is 18.2 Å². The number of aldehydes is 1. The first-order valence-corrected chi connectivity index (χ1v) is 10.2. The summed E-state index contributed by atoms with van der Waals surface area (Å²) in [4.78, 5) is 12.9. The predicted octanol–water partition coefficient (Wildman–Crippen LogP) is 4.60. The molecule has 0 amide bonds. The maximum Gasteiger partial charge on any atom is 0.123 e. The van der Waals surface area contributed by atoms with Crippen molar-refractivity contribution in [3.63, 3.8) is 0 Å². The SMILES string of the molecule is O=CCCCCCCCCOc1c[c]ccc1[C@@H]1CN2CCC1CC2. The first-order valence-electron chi connectivity index (χ1n) is 10.2. The summed E-state index contributed by atoms with van der Waals surface area (Å²) in [7, 11) is 0. The van der Waals surface area contributed by atoms with Crippen LogP contribution in [-0.2, 0) is 4.79 Å². The Balaban J connectivity index is 1.40. The molecule has 2 bridgehead atoms. The second kappa shape index (κ2) is 9.96. The lowest BCUT2D eigenvalue weighted by molar-refractivity contribution is -0.107. The third-order valence-electron chi connectivity index (χ3n) is 5.89. The van der Waals surface area contributed by atoms with E-state index in [0.29, 0.717) is 5.92 Å². The fraction of sp³-hybridized carbons (Fsp3) is 0.682. The summed E-state index contributed by atoms with van der Waals surface area (Å²) in [5, 5.41) is 0. The Morgan fingerprint density at radius 2 is 1.88 bits per heavy atom. The smallest absolute Gasteiger partial charge is 0.123 e. The van der Waals surface area contributed by atoms with Crippen molar-refractivity contribution in [2.75, 3.05) is 26.2 Å². The van der Waals surface area contributed by atoms with Gasteiger partial charge in [0.05, 0.1) is 6.61 Å². The predicted molar refractivity (Wildman–Crippen MR) is 101 cm³/mol. The van der Waals surface area contributed by atoms with Crippen LogP contribution in [0.1, 0.15) is 69.3 Å².